The molecule has 1 atom stereocenters. The summed E-state index contributed by atoms with van der Waals surface area (Å²) in [7, 11) is 0. The standard InChI is InChI=1S/C18H23N5O3/c1-4-10-25-14-8-6-13(7-9-14)16-15(17(24)26-11-5-2)12(3)19-18-20-21-22-23(16)18/h6-9,16H,4-5,10-11H2,1-3H3,(H,19,20,22). The molecule has 0 spiro atoms. The van der Waals surface area contributed by atoms with Gasteiger partial charge in [0.25, 0.3) is 0 Å². The maximum atomic E-state index is 12.7. The minimum Gasteiger partial charge on any atom is -0.494 e. The van der Waals surface area contributed by atoms with Crippen molar-refractivity contribution in [3.8, 4) is 5.75 Å². The molecule has 8 heteroatoms. The molecule has 2 heterocycles. The highest BCUT2D eigenvalue weighted by molar-refractivity contribution is 5.92. The first-order chi connectivity index (χ1) is 12.7. The Morgan fingerprint density at radius 3 is 2.62 bits per heavy atom. The Balaban J connectivity index is 1.96. The van der Waals surface area contributed by atoms with E-state index in [0.717, 1.165) is 24.2 Å². The van der Waals surface area contributed by atoms with E-state index in [1.807, 2.05) is 38.1 Å². The van der Waals surface area contributed by atoms with Crippen molar-refractivity contribution < 1.29 is 14.3 Å². The van der Waals surface area contributed by atoms with Crippen LogP contribution in [0.2, 0.25) is 0 Å². The number of rotatable bonds is 7. The van der Waals surface area contributed by atoms with Crippen LogP contribution in [0.4, 0.5) is 5.95 Å². The fourth-order valence-corrected chi connectivity index (χ4v) is 2.82. The molecule has 1 unspecified atom stereocenters. The first kappa shape index (κ1) is 17.9. The van der Waals surface area contributed by atoms with Crippen LogP contribution in [-0.2, 0) is 9.53 Å². The molecule has 1 aliphatic rings. The molecule has 1 aromatic carbocycles. The Hall–Kier alpha value is -2.90. The zero-order valence-electron chi connectivity index (χ0n) is 15.2. The minimum absolute atomic E-state index is 0.366. The van der Waals surface area contributed by atoms with E-state index < -0.39 is 6.04 Å². The lowest BCUT2D eigenvalue weighted by Gasteiger charge is -2.27. The molecule has 0 radical (unpaired) electrons. The summed E-state index contributed by atoms with van der Waals surface area (Å²) in [6.45, 7) is 6.88. The summed E-state index contributed by atoms with van der Waals surface area (Å²) < 4.78 is 12.6. The molecule has 0 amide bonds. The van der Waals surface area contributed by atoms with Crippen LogP contribution in [0.3, 0.4) is 0 Å². The van der Waals surface area contributed by atoms with E-state index in [2.05, 4.69) is 27.8 Å². The lowest BCUT2D eigenvalue weighted by atomic mass is 9.96. The Bertz CT molecular complexity index is 797. The summed E-state index contributed by atoms with van der Waals surface area (Å²) in [5, 5.41) is 14.8. The van der Waals surface area contributed by atoms with Crippen molar-refractivity contribution in [3.05, 3.63) is 41.1 Å². The third kappa shape index (κ3) is 3.54. The third-order valence-corrected chi connectivity index (χ3v) is 4.04. The summed E-state index contributed by atoms with van der Waals surface area (Å²) in [4.78, 5) is 12.7. The van der Waals surface area contributed by atoms with E-state index in [1.165, 1.54) is 0 Å². The Morgan fingerprint density at radius 1 is 1.19 bits per heavy atom. The van der Waals surface area contributed by atoms with Crippen LogP contribution >= 0.6 is 0 Å². The van der Waals surface area contributed by atoms with Crippen LogP contribution < -0.4 is 10.1 Å². The molecule has 2 aromatic rings. The molecular formula is C18H23N5O3. The fourth-order valence-electron chi connectivity index (χ4n) is 2.82. The van der Waals surface area contributed by atoms with E-state index >= 15 is 0 Å². The van der Waals surface area contributed by atoms with Crippen molar-refractivity contribution in [1.82, 2.24) is 20.2 Å². The van der Waals surface area contributed by atoms with Gasteiger partial charge in [-0.2, -0.15) is 4.68 Å². The SMILES string of the molecule is CCCOC(=O)C1=C(C)Nc2nnnn2C1c1ccc(OCCC)cc1. The number of nitrogens with one attached hydrogen (secondary N) is 1. The number of anilines is 1. The van der Waals surface area contributed by atoms with Gasteiger partial charge in [-0.25, -0.2) is 4.79 Å². The monoisotopic (exact) mass is 357 g/mol. The van der Waals surface area contributed by atoms with Crippen molar-refractivity contribution in [2.24, 2.45) is 0 Å². The number of nitrogens with zero attached hydrogens (tertiary/aromatic N) is 4. The average Bonchev–Trinajstić information content (AvgIpc) is 3.11. The lowest BCUT2D eigenvalue weighted by Crippen LogP contribution is -2.29. The molecule has 138 valence electrons. The summed E-state index contributed by atoms with van der Waals surface area (Å²) in [6, 6.07) is 7.17. The van der Waals surface area contributed by atoms with Gasteiger partial charge < -0.3 is 14.8 Å². The van der Waals surface area contributed by atoms with E-state index in [9.17, 15) is 4.79 Å². The Kier molecular flexibility index (Phi) is 5.50. The normalized spacial score (nSPS) is 16.0. The van der Waals surface area contributed by atoms with Crippen LogP contribution in [0, 0.1) is 0 Å². The highest BCUT2D eigenvalue weighted by Crippen LogP contribution is 2.35. The number of tetrazole rings is 1. The number of aromatic nitrogens is 4. The predicted molar refractivity (Wildman–Crippen MR) is 95.8 cm³/mol. The molecule has 1 aromatic heterocycles. The van der Waals surface area contributed by atoms with Gasteiger partial charge in [-0.15, -0.1) is 0 Å². The highest BCUT2D eigenvalue weighted by atomic mass is 16.5. The lowest BCUT2D eigenvalue weighted by molar-refractivity contribution is -0.139. The number of allylic oxidation sites excluding steroid dienone is 1. The summed E-state index contributed by atoms with van der Waals surface area (Å²) in [5.41, 5.74) is 2.07. The van der Waals surface area contributed by atoms with E-state index in [-0.39, 0.29) is 5.97 Å². The van der Waals surface area contributed by atoms with Gasteiger partial charge in [0.1, 0.15) is 11.8 Å². The average molecular weight is 357 g/mol. The van der Waals surface area contributed by atoms with Crippen molar-refractivity contribution >= 4 is 11.9 Å². The number of hydrogen-bond donors (Lipinski definition) is 1. The number of hydrogen-bond acceptors (Lipinski definition) is 7. The number of fused-ring (bicyclic) bond motifs is 1. The molecule has 0 saturated heterocycles. The molecule has 3 rings (SSSR count). The van der Waals surface area contributed by atoms with E-state index in [4.69, 9.17) is 9.47 Å². The number of ether oxygens (including phenoxy) is 2. The first-order valence-corrected chi connectivity index (χ1v) is 8.81. The van der Waals surface area contributed by atoms with Gasteiger partial charge >= 0.3 is 5.97 Å². The first-order valence-electron chi connectivity index (χ1n) is 8.81. The second-order valence-corrected chi connectivity index (χ2v) is 6.07. The number of carbonyl (C=O) groups excluding carboxylic acids is 1. The minimum atomic E-state index is -0.453. The Morgan fingerprint density at radius 2 is 1.92 bits per heavy atom. The van der Waals surface area contributed by atoms with Crippen LogP contribution in [0.5, 0.6) is 5.75 Å². The third-order valence-electron chi connectivity index (χ3n) is 4.04. The quantitative estimate of drug-likeness (QED) is 0.762. The van der Waals surface area contributed by atoms with Gasteiger partial charge in [-0.1, -0.05) is 31.1 Å². The Labute approximate surface area is 152 Å². The molecule has 1 N–H and O–H groups in total. The van der Waals surface area contributed by atoms with Gasteiger partial charge in [-0.05, 0) is 47.9 Å². The highest BCUT2D eigenvalue weighted by Gasteiger charge is 2.34. The number of esters is 1. The van der Waals surface area contributed by atoms with Crippen molar-refractivity contribution in [3.63, 3.8) is 0 Å². The number of carbonyl (C=O) groups is 1. The molecule has 0 saturated carbocycles. The molecule has 0 fully saturated rings. The van der Waals surface area contributed by atoms with Crippen LogP contribution in [0.25, 0.3) is 0 Å². The predicted octanol–water partition coefficient (Wildman–Crippen LogP) is 2.70. The number of benzene rings is 1. The zero-order chi connectivity index (χ0) is 18.5. The molecule has 8 nitrogen and oxygen atoms in total. The second kappa shape index (κ2) is 7.99. The maximum absolute atomic E-state index is 12.7. The van der Waals surface area contributed by atoms with Gasteiger partial charge in [0.2, 0.25) is 5.95 Å². The summed E-state index contributed by atoms with van der Waals surface area (Å²) >= 11 is 0. The largest absolute Gasteiger partial charge is 0.494 e. The summed E-state index contributed by atoms with van der Waals surface area (Å²) in [6.07, 6.45) is 1.70. The molecule has 0 aliphatic carbocycles. The van der Waals surface area contributed by atoms with Gasteiger partial charge in [0, 0.05) is 5.70 Å². The van der Waals surface area contributed by atoms with Crippen molar-refractivity contribution in [2.45, 2.75) is 39.7 Å². The molecule has 26 heavy (non-hydrogen) atoms. The van der Waals surface area contributed by atoms with Crippen molar-refractivity contribution in [1.29, 1.82) is 0 Å². The van der Waals surface area contributed by atoms with Gasteiger partial charge in [0.15, 0.2) is 0 Å². The fraction of sp³-hybridized carbons (Fsp3) is 0.444. The van der Waals surface area contributed by atoms with Gasteiger partial charge in [-0.3, -0.25) is 0 Å². The van der Waals surface area contributed by atoms with Crippen LogP contribution in [0.1, 0.15) is 45.2 Å². The topological polar surface area (TPSA) is 91.2 Å². The van der Waals surface area contributed by atoms with Gasteiger partial charge in [0.05, 0.1) is 18.8 Å². The van der Waals surface area contributed by atoms with E-state index in [1.54, 1.807) is 4.68 Å². The molecular weight excluding hydrogens is 334 g/mol. The van der Waals surface area contributed by atoms with Crippen LogP contribution in [0.15, 0.2) is 35.5 Å². The van der Waals surface area contributed by atoms with Crippen LogP contribution in [-0.4, -0.2) is 39.4 Å². The smallest absolute Gasteiger partial charge is 0.338 e. The van der Waals surface area contributed by atoms with Crippen molar-refractivity contribution in [2.75, 3.05) is 18.5 Å². The molecule has 0 bridgehead atoms. The molecule has 1 aliphatic heterocycles. The van der Waals surface area contributed by atoms with E-state index in [0.29, 0.717) is 30.4 Å². The zero-order valence-corrected chi connectivity index (χ0v) is 15.2. The summed E-state index contributed by atoms with van der Waals surface area (Å²) in [5.74, 6) is 0.914. The second-order valence-electron chi connectivity index (χ2n) is 6.07. The maximum Gasteiger partial charge on any atom is 0.338 e.